The molecule has 2 aromatic carbocycles. The summed E-state index contributed by atoms with van der Waals surface area (Å²) < 4.78 is 25.9. The van der Waals surface area contributed by atoms with Crippen molar-refractivity contribution in [2.75, 3.05) is 21.3 Å². The van der Waals surface area contributed by atoms with E-state index in [2.05, 4.69) is 10.1 Å². The van der Waals surface area contributed by atoms with Gasteiger partial charge in [0.05, 0.1) is 32.5 Å². The van der Waals surface area contributed by atoms with E-state index < -0.39 is 5.97 Å². The Morgan fingerprint density at radius 1 is 0.963 bits per heavy atom. The summed E-state index contributed by atoms with van der Waals surface area (Å²) in [5, 5.41) is 3.91. The summed E-state index contributed by atoms with van der Waals surface area (Å²) >= 11 is 0. The van der Waals surface area contributed by atoms with Gasteiger partial charge in [0, 0.05) is 6.07 Å². The second kappa shape index (κ2) is 8.22. The van der Waals surface area contributed by atoms with Crippen LogP contribution in [0.3, 0.4) is 0 Å². The third-order valence-electron chi connectivity index (χ3n) is 3.77. The second-order valence-electron chi connectivity index (χ2n) is 5.38. The van der Waals surface area contributed by atoms with Crippen molar-refractivity contribution < 1.29 is 28.3 Å². The van der Waals surface area contributed by atoms with Crippen molar-refractivity contribution >= 4 is 5.97 Å². The van der Waals surface area contributed by atoms with E-state index in [-0.39, 0.29) is 12.5 Å². The highest BCUT2D eigenvalue weighted by atomic mass is 16.6. The van der Waals surface area contributed by atoms with Crippen LogP contribution >= 0.6 is 0 Å². The topological polar surface area (TPSA) is 92.9 Å². The summed E-state index contributed by atoms with van der Waals surface area (Å²) in [6.45, 7) is -0.143. The molecule has 0 spiro atoms. The number of rotatable bonds is 7. The van der Waals surface area contributed by atoms with E-state index in [1.807, 2.05) is 0 Å². The Kier molecular flexibility index (Phi) is 5.55. The van der Waals surface area contributed by atoms with Crippen molar-refractivity contribution in [1.29, 1.82) is 0 Å². The molecule has 1 heterocycles. The number of methoxy groups -OCH3 is 3. The molecule has 0 unspecified atom stereocenters. The van der Waals surface area contributed by atoms with E-state index in [0.29, 0.717) is 34.2 Å². The predicted octanol–water partition coefficient (Wildman–Crippen LogP) is 3.12. The van der Waals surface area contributed by atoms with Gasteiger partial charge in [-0.25, -0.2) is 4.79 Å². The van der Waals surface area contributed by atoms with Crippen LogP contribution in [0.5, 0.6) is 17.2 Å². The van der Waals surface area contributed by atoms with Gasteiger partial charge in [-0.3, -0.25) is 0 Å². The number of nitrogens with zero attached hydrogens (tertiary/aromatic N) is 2. The molecule has 8 heteroatoms. The van der Waals surface area contributed by atoms with Crippen molar-refractivity contribution in [3.63, 3.8) is 0 Å². The molecule has 0 fully saturated rings. The monoisotopic (exact) mass is 370 g/mol. The number of ether oxygens (including phenoxy) is 4. The van der Waals surface area contributed by atoms with E-state index in [4.69, 9.17) is 23.5 Å². The van der Waals surface area contributed by atoms with Gasteiger partial charge in [-0.1, -0.05) is 5.16 Å². The van der Waals surface area contributed by atoms with Crippen molar-refractivity contribution in [1.82, 2.24) is 10.1 Å². The van der Waals surface area contributed by atoms with E-state index in [0.717, 1.165) is 0 Å². The third kappa shape index (κ3) is 4.17. The average molecular weight is 370 g/mol. The van der Waals surface area contributed by atoms with Gasteiger partial charge in [0.15, 0.2) is 6.61 Å². The molecule has 0 saturated carbocycles. The number of hydrogen-bond donors (Lipinski definition) is 0. The maximum atomic E-state index is 12.1. The highest BCUT2D eigenvalue weighted by Crippen LogP contribution is 2.31. The van der Waals surface area contributed by atoms with Gasteiger partial charge in [0.25, 0.3) is 5.89 Å². The van der Waals surface area contributed by atoms with Crippen LogP contribution < -0.4 is 14.2 Å². The normalized spacial score (nSPS) is 10.3. The van der Waals surface area contributed by atoms with Crippen molar-refractivity contribution in [2.24, 2.45) is 0 Å². The molecule has 0 aliphatic heterocycles. The number of carbonyl (C=O) groups excluding carboxylic acids is 1. The fourth-order valence-electron chi connectivity index (χ4n) is 2.34. The van der Waals surface area contributed by atoms with Gasteiger partial charge in [-0.2, -0.15) is 4.98 Å². The Balaban J connectivity index is 1.68. The lowest BCUT2D eigenvalue weighted by Gasteiger charge is -2.07. The lowest BCUT2D eigenvalue weighted by atomic mass is 10.2. The van der Waals surface area contributed by atoms with Crippen LogP contribution in [-0.4, -0.2) is 37.4 Å². The zero-order valence-electron chi connectivity index (χ0n) is 15.1. The lowest BCUT2D eigenvalue weighted by Crippen LogP contribution is -2.05. The van der Waals surface area contributed by atoms with Crippen molar-refractivity contribution in [3.8, 4) is 28.6 Å². The summed E-state index contributed by atoms with van der Waals surface area (Å²) in [7, 11) is 4.66. The summed E-state index contributed by atoms with van der Waals surface area (Å²) in [5.74, 6) is 1.83. The number of esters is 1. The van der Waals surface area contributed by atoms with Crippen LogP contribution in [0, 0.1) is 0 Å². The van der Waals surface area contributed by atoms with Crippen LogP contribution in [-0.2, 0) is 11.3 Å². The summed E-state index contributed by atoms with van der Waals surface area (Å²) in [5.41, 5.74) is 1.03. The maximum absolute atomic E-state index is 12.1. The average Bonchev–Trinajstić information content (AvgIpc) is 3.20. The van der Waals surface area contributed by atoms with E-state index >= 15 is 0 Å². The van der Waals surface area contributed by atoms with Gasteiger partial charge in [-0.05, 0) is 36.4 Å². The molecule has 1 aromatic heterocycles. The van der Waals surface area contributed by atoms with Crippen LogP contribution in [0.1, 0.15) is 16.2 Å². The van der Waals surface area contributed by atoms with E-state index in [9.17, 15) is 4.79 Å². The molecule has 3 rings (SSSR count). The summed E-state index contributed by atoms with van der Waals surface area (Å²) in [4.78, 5) is 16.3. The largest absolute Gasteiger partial charge is 0.497 e. The smallest absolute Gasteiger partial charge is 0.338 e. The predicted molar refractivity (Wildman–Crippen MR) is 95.0 cm³/mol. The molecule has 0 bridgehead atoms. The minimum atomic E-state index is -0.501. The summed E-state index contributed by atoms with van der Waals surface area (Å²) in [6.07, 6.45) is 0. The first-order valence-electron chi connectivity index (χ1n) is 8.00. The molecular weight excluding hydrogens is 352 g/mol. The third-order valence-corrected chi connectivity index (χ3v) is 3.77. The molecule has 0 aliphatic rings. The number of carbonyl (C=O) groups is 1. The fourth-order valence-corrected chi connectivity index (χ4v) is 2.34. The molecule has 0 aliphatic carbocycles. The molecule has 140 valence electrons. The molecule has 0 saturated heterocycles. The second-order valence-corrected chi connectivity index (χ2v) is 5.38. The Bertz CT molecular complexity index is 920. The van der Waals surface area contributed by atoms with Crippen molar-refractivity contribution in [3.05, 3.63) is 53.9 Å². The molecule has 0 N–H and O–H groups in total. The zero-order chi connectivity index (χ0) is 19.2. The van der Waals surface area contributed by atoms with Crippen LogP contribution in [0.15, 0.2) is 47.0 Å². The minimum absolute atomic E-state index is 0.143. The van der Waals surface area contributed by atoms with Crippen LogP contribution in [0.4, 0.5) is 0 Å². The van der Waals surface area contributed by atoms with Gasteiger partial charge in [-0.15, -0.1) is 0 Å². The van der Waals surface area contributed by atoms with Gasteiger partial charge < -0.3 is 23.5 Å². The Labute approximate surface area is 155 Å². The minimum Gasteiger partial charge on any atom is -0.497 e. The van der Waals surface area contributed by atoms with Crippen molar-refractivity contribution in [2.45, 2.75) is 6.61 Å². The highest BCUT2D eigenvalue weighted by Gasteiger charge is 2.16. The van der Waals surface area contributed by atoms with E-state index in [1.165, 1.54) is 7.11 Å². The Morgan fingerprint density at radius 3 is 2.33 bits per heavy atom. The SMILES string of the molecule is COc1ccc(C(=O)OCc2nc(-c3ccc(OC)cc3OC)no2)cc1. The number of hydrogen-bond acceptors (Lipinski definition) is 8. The number of aromatic nitrogens is 2. The first-order valence-corrected chi connectivity index (χ1v) is 8.00. The Hall–Kier alpha value is -3.55. The van der Waals surface area contributed by atoms with E-state index in [1.54, 1.807) is 56.7 Å². The molecule has 8 nitrogen and oxygen atoms in total. The van der Waals surface area contributed by atoms with Crippen LogP contribution in [0.25, 0.3) is 11.4 Å². The lowest BCUT2D eigenvalue weighted by molar-refractivity contribution is 0.0430. The highest BCUT2D eigenvalue weighted by molar-refractivity contribution is 5.89. The first kappa shape index (κ1) is 18.2. The Morgan fingerprint density at radius 2 is 1.67 bits per heavy atom. The van der Waals surface area contributed by atoms with Gasteiger partial charge in [0.2, 0.25) is 5.82 Å². The fraction of sp³-hybridized carbons (Fsp3) is 0.211. The molecule has 3 aromatic rings. The molecular formula is C19H18N2O6. The standard InChI is InChI=1S/C19H18N2O6/c1-23-13-6-4-12(5-7-13)19(22)26-11-17-20-18(21-27-17)15-9-8-14(24-2)10-16(15)25-3/h4-10H,11H2,1-3H3. The summed E-state index contributed by atoms with van der Waals surface area (Å²) in [6, 6.07) is 11.8. The molecule has 27 heavy (non-hydrogen) atoms. The molecule has 0 atom stereocenters. The molecule has 0 radical (unpaired) electrons. The zero-order valence-corrected chi connectivity index (χ0v) is 15.1. The number of benzene rings is 2. The van der Waals surface area contributed by atoms with Gasteiger partial charge in [0.1, 0.15) is 17.2 Å². The maximum Gasteiger partial charge on any atom is 0.338 e. The first-order chi connectivity index (χ1) is 13.1. The van der Waals surface area contributed by atoms with Gasteiger partial charge >= 0.3 is 5.97 Å². The quantitative estimate of drug-likeness (QED) is 0.586. The molecule has 0 amide bonds. The van der Waals surface area contributed by atoms with Crippen LogP contribution in [0.2, 0.25) is 0 Å².